The van der Waals surface area contributed by atoms with E-state index in [1.54, 1.807) is 0 Å². The van der Waals surface area contributed by atoms with Gasteiger partial charge in [-0.3, -0.25) is 4.57 Å². The van der Waals surface area contributed by atoms with Crippen LogP contribution in [-0.2, 0) is 0 Å². The largest absolute Gasteiger partial charge is 0.292 e. The van der Waals surface area contributed by atoms with Gasteiger partial charge in [0, 0.05) is 15.7 Å². The van der Waals surface area contributed by atoms with E-state index in [0.29, 0.717) is 0 Å². The van der Waals surface area contributed by atoms with Crippen LogP contribution in [0.15, 0.2) is 180 Å². The first-order chi connectivity index (χ1) is 24.7. The van der Waals surface area contributed by atoms with Crippen molar-refractivity contribution in [1.82, 2.24) is 9.55 Å². The number of rotatable bonds is 4. The summed E-state index contributed by atoms with van der Waals surface area (Å²) in [4.78, 5) is 5.17. The Labute approximate surface area is 298 Å². The van der Waals surface area contributed by atoms with Crippen LogP contribution in [-0.4, -0.2) is 9.55 Å². The molecule has 0 fully saturated rings. The van der Waals surface area contributed by atoms with E-state index >= 15 is 0 Å². The molecule has 0 unspecified atom stereocenters. The monoisotopic (exact) mass is 700 g/mol. The zero-order valence-corrected chi connectivity index (χ0v) is 28.6. The molecule has 2 nitrogen and oxygen atoms in total. The molecule has 0 saturated carbocycles. The van der Waals surface area contributed by atoms with Gasteiger partial charge >= 0.3 is 0 Å². The molecule has 1 aromatic heterocycles. The number of aromatic nitrogens is 2. The van der Waals surface area contributed by atoms with Crippen molar-refractivity contribution in [3.63, 3.8) is 0 Å². The predicted molar refractivity (Wildman–Crippen MR) is 215 cm³/mol. The Kier molecular flexibility index (Phi) is 6.68. The summed E-state index contributed by atoms with van der Waals surface area (Å²) in [6.07, 6.45) is 0. The van der Waals surface area contributed by atoms with Crippen LogP contribution in [0.25, 0.3) is 93.5 Å². The summed E-state index contributed by atoms with van der Waals surface area (Å²) < 4.78 is 3.38. The lowest BCUT2D eigenvalue weighted by molar-refractivity contribution is 1.11. The minimum absolute atomic E-state index is 0.929. The third-order valence-corrected chi connectivity index (χ3v) is 10.5. The highest BCUT2D eigenvalue weighted by atomic mass is 79.9. The molecule has 0 amide bonds. The molecule has 234 valence electrons. The summed E-state index contributed by atoms with van der Waals surface area (Å²) in [5.74, 6) is 0.929. The maximum atomic E-state index is 5.17. The molecule has 9 aromatic carbocycles. The van der Waals surface area contributed by atoms with Crippen LogP contribution in [0.1, 0.15) is 0 Å². The first-order valence-corrected chi connectivity index (χ1v) is 17.7. The smallest absolute Gasteiger partial charge is 0.145 e. The number of imidazole rings is 1. The average Bonchev–Trinajstić information content (AvgIpc) is 3.56. The van der Waals surface area contributed by atoms with Gasteiger partial charge in [0.25, 0.3) is 0 Å². The molecule has 0 aliphatic rings. The Morgan fingerprint density at radius 2 is 0.960 bits per heavy atom. The summed E-state index contributed by atoms with van der Waals surface area (Å²) in [5, 5.41) is 9.78. The van der Waals surface area contributed by atoms with E-state index in [2.05, 4.69) is 196 Å². The molecule has 0 aliphatic carbocycles. The summed E-state index contributed by atoms with van der Waals surface area (Å²) >= 11 is 3.84. The first-order valence-electron chi connectivity index (χ1n) is 16.9. The van der Waals surface area contributed by atoms with Crippen molar-refractivity contribution in [2.24, 2.45) is 0 Å². The van der Waals surface area contributed by atoms with Gasteiger partial charge in [0.15, 0.2) is 0 Å². The predicted octanol–water partition coefficient (Wildman–Crippen LogP) is 13.4. The molecule has 50 heavy (non-hydrogen) atoms. The van der Waals surface area contributed by atoms with Gasteiger partial charge < -0.3 is 0 Å². The number of hydrogen-bond donors (Lipinski definition) is 0. The van der Waals surface area contributed by atoms with Crippen LogP contribution in [0.3, 0.4) is 0 Å². The molecule has 10 rings (SSSR count). The molecule has 0 bridgehead atoms. The van der Waals surface area contributed by atoms with E-state index in [4.69, 9.17) is 4.98 Å². The zero-order valence-electron chi connectivity index (χ0n) is 27.0. The van der Waals surface area contributed by atoms with Gasteiger partial charge in [-0.2, -0.15) is 0 Å². The SMILES string of the molecule is Brc1ccc2c(-c3ccc4ccccc4c3)c3cc(-n4c(-c5ccccc5)nc5ccccc54)ccc3c(-c3ccc4ccccc4c3)c2c1. The number of fused-ring (bicyclic) bond motifs is 5. The van der Waals surface area contributed by atoms with E-state index in [1.165, 1.54) is 65.3 Å². The van der Waals surface area contributed by atoms with Crippen LogP contribution < -0.4 is 0 Å². The van der Waals surface area contributed by atoms with Gasteiger partial charge in [-0.25, -0.2) is 4.98 Å². The Balaban J connectivity index is 1.35. The summed E-state index contributed by atoms with van der Waals surface area (Å²) in [6.45, 7) is 0. The minimum Gasteiger partial charge on any atom is -0.292 e. The van der Waals surface area contributed by atoms with Crippen LogP contribution in [0.2, 0.25) is 0 Å². The molecule has 0 N–H and O–H groups in total. The molecule has 0 radical (unpaired) electrons. The Morgan fingerprint density at radius 3 is 1.64 bits per heavy atom. The molecule has 0 saturated heterocycles. The molecule has 3 heteroatoms. The highest BCUT2D eigenvalue weighted by molar-refractivity contribution is 9.10. The van der Waals surface area contributed by atoms with E-state index < -0.39 is 0 Å². The molecular weight excluding hydrogens is 672 g/mol. The summed E-state index contributed by atoms with van der Waals surface area (Å²) in [6, 6.07) is 63.6. The molecule has 0 aliphatic heterocycles. The maximum absolute atomic E-state index is 5.17. The highest BCUT2D eigenvalue weighted by Crippen LogP contribution is 2.46. The van der Waals surface area contributed by atoms with Crippen LogP contribution in [0.5, 0.6) is 0 Å². The average molecular weight is 702 g/mol. The lowest BCUT2D eigenvalue weighted by Gasteiger charge is -2.20. The van der Waals surface area contributed by atoms with E-state index in [1.807, 2.05) is 0 Å². The van der Waals surface area contributed by atoms with E-state index in [-0.39, 0.29) is 0 Å². The third kappa shape index (κ3) is 4.66. The molecule has 0 spiro atoms. The zero-order chi connectivity index (χ0) is 33.2. The number of benzene rings is 9. The van der Waals surface area contributed by atoms with Gasteiger partial charge in [0.2, 0.25) is 0 Å². The van der Waals surface area contributed by atoms with Crippen LogP contribution >= 0.6 is 15.9 Å². The second-order valence-corrected chi connectivity index (χ2v) is 13.8. The molecule has 0 atom stereocenters. The molecular formula is C47H29BrN2. The fourth-order valence-electron chi connectivity index (χ4n) is 7.71. The Morgan fingerprint density at radius 1 is 0.400 bits per heavy atom. The van der Waals surface area contributed by atoms with Crippen molar-refractivity contribution < 1.29 is 0 Å². The van der Waals surface area contributed by atoms with Crippen LogP contribution in [0, 0.1) is 0 Å². The first kappa shape index (κ1) is 28.9. The van der Waals surface area contributed by atoms with Crippen molar-refractivity contribution in [3.05, 3.63) is 180 Å². The van der Waals surface area contributed by atoms with Crippen molar-refractivity contribution in [2.75, 3.05) is 0 Å². The van der Waals surface area contributed by atoms with Gasteiger partial charge in [0.05, 0.1) is 11.0 Å². The number of para-hydroxylation sites is 2. The summed E-state index contributed by atoms with van der Waals surface area (Å²) in [5.41, 5.74) is 9.07. The maximum Gasteiger partial charge on any atom is 0.145 e. The molecule has 1 heterocycles. The lowest BCUT2D eigenvalue weighted by Crippen LogP contribution is -1.99. The highest BCUT2D eigenvalue weighted by Gasteiger charge is 2.20. The van der Waals surface area contributed by atoms with Crippen molar-refractivity contribution in [1.29, 1.82) is 0 Å². The van der Waals surface area contributed by atoms with Gasteiger partial charge in [0.1, 0.15) is 5.82 Å². The van der Waals surface area contributed by atoms with Gasteiger partial charge in [-0.1, -0.05) is 143 Å². The fraction of sp³-hybridized carbons (Fsp3) is 0. The summed E-state index contributed by atoms with van der Waals surface area (Å²) in [7, 11) is 0. The second-order valence-electron chi connectivity index (χ2n) is 12.9. The van der Waals surface area contributed by atoms with Gasteiger partial charge in [-0.05, 0) is 114 Å². The van der Waals surface area contributed by atoms with E-state index in [0.717, 1.165) is 32.6 Å². The van der Waals surface area contributed by atoms with Crippen molar-refractivity contribution in [2.45, 2.75) is 0 Å². The standard InChI is InChI=1S/C47H29BrN2/c48-37-22-24-39-41(28-37)45(35-20-18-30-10-4-6-14-33(30)26-35)40-25-23-38(29-42(40)46(39)36-21-19-31-11-5-7-15-34(31)27-36)50-44-17-9-8-16-43(44)49-47(50)32-12-2-1-3-13-32/h1-29H. The second kappa shape index (κ2) is 11.5. The van der Waals surface area contributed by atoms with E-state index in [9.17, 15) is 0 Å². The number of nitrogens with zero attached hydrogens (tertiary/aromatic N) is 2. The van der Waals surface area contributed by atoms with Crippen molar-refractivity contribution >= 4 is 70.1 Å². The number of halogens is 1. The topological polar surface area (TPSA) is 17.8 Å². The normalized spacial score (nSPS) is 11.7. The quantitative estimate of drug-likeness (QED) is 0.167. The Hall–Kier alpha value is -6.03. The van der Waals surface area contributed by atoms with Crippen molar-refractivity contribution in [3.8, 4) is 39.3 Å². The third-order valence-electron chi connectivity index (χ3n) is 9.99. The Bertz CT molecular complexity index is 2940. The van der Waals surface area contributed by atoms with Crippen LogP contribution in [0.4, 0.5) is 0 Å². The van der Waals surface area contributed by atoms with Gasteiger partial charge in [-0.15, -0.1) is 0 Å². The molecule has 10 aromatic rings. The lowest BCUT2D eigenvalue weighted by atomic mass is 9.85. The minimum atomic E-state index is 0.929. The number of hydrogen-bond acceptors (Lipinski definition) is 1. The fourth-order valence-corrected chi connectivity index (χ4v) is 8.07.